The number of aromatic nitrogens is 2. The minimum atomic E-state index is -0.122. The predicted molar refractivity (Wildman–Crippen MR) is 111 cm³/mol. The monoisotopic (exact) mass is 433 g/mol. The van der Waals surface area contributed by atoms with Crippen molar-refractivity contribution in [1.82, 2.24) is 24.3 Å². The molecule has 2 amide bonds. The average molecular weight is 434 g/mol. The second-order valence-electron chi connectivity index (χ2n) is 7.44. The number of imidazole rings is 1. The Labute approximate surface area is 179 Å². The Kier molecular flexibility index (Phi) is 6.76. The van der Waals surface area contributed by atoms with Gasteiger partial charge in [-0.25, -0.2) is 4.98 Å². The topological polar surface area (TPSA) is 84.1 Å². The minimum Gasteiger partial charge on any atom is -0.455 e. The zero-order valence-electron chi connectivity index (χ0n) is 17.2. The van der Waals surface area contributed by atoms with E-state index in [1.807, 2.05) is 28.8 Å². The van der Waals surface area contributed by atoms with Crippen molar-refractivity contribution < 1.29 is 18.7 Å². The van der Waals surface area contributed by atoms with Gasteiger partial charge in [0.05, 0.1) is 25.5 Å². The molecule has 2 aliphatic heterocycles. The second kappa shape index (κ2) is 9.67. The smallest absolute Gasteiger partial charge is 0.289 e. The number of hydrogen-bond acceptors (Lipinski definition) is 7. The lowest BCUT2D eigenvalue weighted by Gasteiger charge is -2.36. The van der Waals surface area contributed by atoms with Crippen molar-refractivity contribution in [3.8, 4) is 0 Å². The van der Waals surface area contributed by atoms with Crippen molar-refractivity contribution >= 4 is 23.6 Å². The first-order valence-corrected chi connectivity index (χ1v) is 11.1. The maximum atomic E-state index is 12.8. The van der Waals surface area contributed by atoms with Crippen molar-refractivity contribution in [3.05, 3.63) is 36.0 Å². The van der Waals surface area contributed by atoms with E-state index in [2.05, 4.69) is 9.88 Å². The van der Waals surface area contributed by atoms with E-state index in [1.165, 1.54) is 0 Å². The van der Waals surface area contributed by atoms with Crippen LogP contribution in [0.3, 0.4) is 0 Å². The Morgan fingerprint density at radius 1 is 1.07 bits per heavy atom. The van der Waals surface area contributed by atoms with E-state index in [0.29, 0.717) is 57.5 Å². The Balaban J connectivity index is 1.24. The van der Waals surface area contributed by atoms with Gasteiger partial charge in [-0.2, -0.15) is 0 Å². The number of rotatable bonds is 6. The Bertz CT molecular complexity index is 868. The van der Waals surface area contributed by atoms with Gasteiger partial charge in [0.15, 0.2) is 10.9 Å². The molecular weight excluding hydrogens is 406 g/mol. The van der Waals surface area contributed by atoms with Crippen LogP contribution >= 0.6 is 11.8 Å². The highest BCUT2D eigenvalue weighted by molar-refractivity contribution is 7.98. The fourth-order valence-corrected chi connectivity index (χ4v) is 4.39. The predicted octanol–water partition coefficient (Wildman–Crippen LogP) is 0.922. The largest absolute Gasteiger partial charge is 0.455 e. The molecule has 2 aliphatic rings. The summed E-state index contributed by atoms with van der Waals surface area (Å²) in [5, 5.41) is 0.900. The van der Waals surface area contributed by atoms with Gasteiger partial charge in [-0.1, -0.05) is 11.8 Å². The van der Waals surface area contributed by atoms with Crippen LogP contribution in [0.2, 0.25) is 0 Å². The number of nitrogens with zero attached hydrogens (tertiary/aromatic N) is 5. The van der Waals surface area contributed by atoms with Crippen molar-refractivity contribution in [3.63, 3.8) is 0 Å². The summed E-state index contributed by atoms with van der Waals surface area (Å²) in [6.45, 7) is 5.52. The molecule has 2 aromatic rings. The molecule has 162 valence electrons. The first-order valence-electron chi connectivity index (χ1n) is 10.2. The third-order valence-corrected chi connectivity index (χ3v) is 6.46. The van der Waals surface area contributed by atoms with Gasteiger partial charge in [0.2, 0.25) is 5.91 Å². The summed E-state index contributed by atoms with van der Waals surface area (Å²) >= 11 is 1.56. The summed E-state index contributed by atoms with van der Waals surface area (Å²) in [6.07, 6.45) is 3.65. The molecule has 0 bridgehead atoms. The molecule has 0 aliphatic carbocycles. The van der Waals surface area contributed by atoms with Gasteiger partial charge in [-0.3, -0.25) is 14.5 Å². The standard InChI is InChI=1S/C20H27N5O4S/c1-22-5-4-21-20(22)30-15-16-2-3-17(29-16)19(27)25-8-6-24(7-9-25)18(26)14-23-10-12-28-13-11-23/h2-5H,6-15H2,1H3. The van der Waals surface area contributed by atoms with Crippen LogP contribution in [0.4, 0.5) is 0 Å². The molecule has 0 saturated carbocycles. The van der Waals surface area contributed by atoms with Crippen molar-refractivity contribution in [2.24, 2.45) is 7.05 Å². The van der Waals surface area contributed by atoms with Crippen LogP contribution in [0.5, 0.6) is 0 Å². The van der Waals surface area contributed by atoms with Gasteiger partial charge in [0.1, 0.15) is 5.76 Å². The fraction of sp³-hybridized carbons (Fsp3) is 0.550. The molecule has 0 N–H and O–H groups in total. The van der Waals surface area contributed by atoms with Crippen LogP contribution in [0.15, 0.2) is 34.1 Å². The highest BCUT2D eigenvalue weighted by Crippen LogP contribution is 2.22. The summed E-state index contributed by atoms with van der Waals surface area (Å²) in [6, 6.07) is 3.57. The van der Waals surface area contributed by atoms with Gasteiger partial charge in [-0.15, -0.1) is 0 Å². The van der Waals surface area contributed by atoms with Crippen LogP contribution in [0.1, 0.15) is 16.3 Å². The summed E-state index contributed by atoms with van der Waals surface area (Å²) < 4.78 is 13.0. The molecule has 4 rings (SSSR count). The summed E-state index contributed by atoms with van der Waals surface area (Å²) in [7, 11) is 1.94. The third-order valence-electron chi connectivity index (χ3n) is 5.38. The van der Waals surface area contributed by atoms with Crippen LogP contribution in [0, 0.1) is 0 Å². The van der Waals surface area contributed by atoms with E-state index in [0.717, 1.165) is 24.0 Å². The van der Waals surface area contributed by atoms with Crippen LogP contribution < -0.4 is 0 Å². The highest BCUT2D eigenvalue weighted by atomic mass is 32.2. The lowest BCUT2D eigenvalue weighted by Crippen LogP contribution is -2.53. The van der Waals surface area contributed by atoms with E-state index in [9.17, 15) is 9.59 Å². The molecule has 0 radical (unpaired) electrons. The number of piperazine rings is 1. The number of amides is 2. The number of carbonyl (C=O) groups is 2. The number of hydrogen-bond donors (Lipinski definition) is 0. The average Bonchev–Trinajstić information content (AvgIpc) is 3.41. The summed E-state index contributed by atoms with van der Waals surface area (Å²) in [5.74, 6) is 1.70. The van der Waals surface area contributed by atoms with Gasteiger partial charge in [0.25, 0.3) is 5.91 Å². The van der Waals surface area contributed by atoms with Gasteiger partial charge in [0, 0.05) is 58.7 Å². The molecule has 10 heteroatoms. The quantitative estimate of drug-likeness (QED) is 0.627. The zero-order chi connectivity index (χ0) is 20.9. The number of carbonyl (C=O) groups excluding carboxylic acids is 2. The lowest BCUT2D eigenvalue weighted by molar-refractivity contribution is -0.134. The molecule has 0 unspecified atom stereocenters. The van der Waals surface area contributed by atoms with Gasteiger partial charge in [-0.05, 0) is 12.1 Å². The second-order valence-corrected chi connectivity index (χ2v) is 8.38. The Morgan fingerprint density at radius 3 is 2.50 bits per heavy atom. The van der Waals surface area contributed by atoms with Crippen molar-refractivity contribution in [1.29, 1.82) is 0 Å². The van der Waals surface area contributed by atoms with Crippen LogP contribution in [0.25, 0.3) is 0 Å². The third kappa shape index (κ3) is 5.05. The number of aryl methyl sites for hydroxylation is 1. The normalized spacial score (nSPS) is 18.0. The molecule has 0 aromatic carbocycles. The number of furan rings is 1. The maximum absolute atomic E-state index is 12.8. The molecule has 2 fully saturated rings. The maximum Gasteiger partial charge on any atom is 0.289 e. The van der Waals surface area contributed by atoms with Crippen molar-refractivity contribution in [2.45, 2.75) is 10.9 Å². The van der Waals surface area contributed by atoms with E-state index < -0.39 is 0 Å². The highest BCUT2D eigenvalue weighted by Gasteiger charge is 2.27. The minimum absolute atomic E-state index is 0.121. The van der Waals surface area contributed by atoms with E-state index in [1.54, 1.807) is 28.9 Å². The van der Waals surface area contributed by atoms with Crippen molar-refractivity contribution in [2.75, 3.05) is 59.0 Å². The zero-order valence-corrected chi connectivity index (χ0v) is 18.0. The molecule has 0 atom stereocenters. The van der Waals surface area contributed by atoms with Crippen LogP contribution in [-0.2, 0) is 22.3 Å². The first-order chi connectivity index (χ1) is 14.6. The number of morpholine rings is 1. The summed E-state index contributed by atoms with van der Waals surface area (Å²) in [5.41, 5.74) is 0. The molecule has 0 spiro atoms. The van der Waals surface area contributed by atoms with Crippen LogP contribution in [-0.4, -0.2) is 95.1 Å². The fourth-order valence-electron chi connectivity index (χ4n) is 3.56. The van der Waals surface area contributed by atoms with E-state index in [4.69, 9.17) is 9.15 Å². The molecule has 4 heterocycles. The molecule has 2 saturated heterocycles. The van der Waals surface area contributed by atoms with Gasteiger partial charge >= 0.3 is 0 Å². The Hall–Kier alpha value is -2.30. The number of thioether (sulfide) groups is 1. The SMILES string of the molecule is Cn1ccnc1SCc1ccc(C(=O)N2CCN(C(=O)CN3CCOCC3)CC2)o1. The molecule has 2 aromatic heterocycles. The number of ether oxygens (including phenoxy) is 1. The van der Waals surface area contributed by atoms with Gasteiger partial charge < -0.3 is 23.5 Å². The molecule has 30 heavy (non-hydrogen) atoms. The van der Waals surface area contributed by atoms with E-state index >= 15 is 0 Å². The Morgan fingerprint density at radius 2 is 1.80 bits per heavy atom. The lowest BCUT2D eigenvalue weighted by atomic mass is 10.2. The first kappa shape index (κ1) is 21.0. The summed E-state index contributed by atoms with van der Waals surface area (Å²) in [4.78, 5) is 35.3. The van der Waals surface area contributed by atoms with E-state index in [-0.39, 0.29) is 11.8 Å². The molecular formula is C20H27N5O4S. The molecule has 9 nitrogen and oxygen atoms in total.